The first-order valence-electron chi connectivity index (χ1n) is 7.06. The first-order valence-corrected chi connectivity index (χ1v) is 7.06. The van der Waals surface area contributed by atoms with Crippen molar-refractivity contribution in [3.63, 3.8) is 0 Å². The number of rotatable bonds is 5. The maximum atomic E-state index is 12.4. The van der Waals surface area contributed by atoms with Crippen LogP contribution < -0.4 is 5.32 Å². The molecule has 0 saturated carbocycles. The Morgan fingerprint density at radius 1 is 1.30 bits per heavy atom. The number of para-hydroxylation sites is 1. The minimum Gasteiger partial charge on any atom is -0.385 e. The van der Waals surface area contributed by atoms with Crippen LogP contribution in [-0.2, 0) is 0 Å². The van der Waals surface area contributed by atoms with E-state index in [2.05, 4.69) is 17.2 Å². The van der Waals surface area contributed by atoms with E-state index in [-0.39, 0.29) is 5.91 Å². The number of carbonyl (C=O) groups excluding carboxylic acids is 1. The number of carbonyl (C=O) groups is 1. The lowest BCUT2D eigenvalue weighted by molar-refractivity contribution is 0.0790. The van der Waals surface area contributed by atoms with Crippen molar-refractivity contribution in [2.24, 2.45) is 0 Å². The van der Waals surface area contributed by atoms with Crippen LogP contribution in [0.5, 0.6) is 0 Å². The Hall–Kier alpha value is -2.10. The van der Waals surface area contributed by atoms with Crippen LogP contribution in [0.2, 0.25) is 0 Å². The van der Waals surface area contributed by atoms with Gasteiger partial charge in [0, 0.05) is 31.2 Å². The highest BCUT2D eigenvalue weighted by atomic mass is 16.2. The molecular formula is C16H21N3O. The Bertz CT molecular complexity index is 610. The van der Waals surface area contributed by atoms with Crippen molar-refractivity contribution in [3.8, 4) is 0 Å². The van der Waals surface area contributed by atoms with Gasteiger partial charge in [-0.1, -0.05) is 25.1 Å². The third kappa shape index (κ3) is 2.90. The van der Waals surface area contributed by atoms with Crippen LogP contribution in [-0.4, -0.2) is 35.9 Å². The summed E-state index contributed by atoms with van der Waals surface area (Å²) in [5.41, 5.74) is 2.31. The number of hydrogen-bond acceptors (Lipinski definition) is 3. The molecule has 0 saturated heterocycles. The zero-order valence-corrected chi connectivity index (χ0v) is 12.3. The third-order valence-electron chi connectivity index (χ3n) is 3.21. The Balaban J connectivity index is 2.46. The van der Waals surface area contributed by atoms with E-state index in [9.17, 15) is 4.79 Å². The predicted octanol–water partition coefficient (Wildman–Crippen LogP) is 3.15. The summed E-state index contributed by atoms with van der Waals surface area (Å²) in [5, 5.41) is 4.35. The normalized spacial score (nSPS) is 10.6. The minimum atomic E-state index is -0.0308. The fourth-order valence-electron chi connectivity index (χ4n) is 2.25. The molecule has 1 aromatic heterocycles. The maximum absolute atomic E-state index is 12.4. The molecular weight excluding hydrogens is 250 g/mol. The summed E-state index contributed by atoms with van der Waals surface area (Å²) in [7, 11) is 1.82. The van der Waals surface area contributed by atoms with Gasteiger partial charge in [-0.2, -0.15) is 0 Å². The summed E-state index contributed by atoms with van der Waals surface area (Å²) in [4.78, 5) is 18.6. The molecule has 0 bridgehead atoms. The van der Waals surface area contributed by atoms with Crippen molar-refractivity contribution in [2.45, 2.75) is 20.3 Å². The molecule has 20 heavy (non-hydrogen) atoms. The second-order valence-corrected chi connectivity index (χ2v) is 4.83. The average Bonchev–Trinajstić information content (AvgIpc) is 2.47. The summed E-state index contributed by atoms with van der Waals surface area (Å²) < 4.78 is 0. The van der Waals surface area contributed by atoms with E-state index < -0.39 is 0 Å². The molecule has 1 aromatic carbocycles. The monoisotopic (exact) mass is 271 g/mol. The lowest BCUT2D eigenvalue weighted by Gasteiger charge is -2.17. The van der Waals surface area contributed by atoms with Gasteiger partial charge in [-0.05, 0) is 25.5 Å². The van der Waals surface area contributed by atoms with Gasteiger partial charge in [-0.3, -0.25) is 4.79 Å². The number of pyridine rings is 1. The summed E-state index contributed by atoms with van der Waals surface area (Å²) in [6.45, 7) is 5.65. The molecule has 1 amide bonds. The Kier molecular flexibility index (Phi) is 4.56. The Morgan fingerprint density at radius 3 is 2.75 bits per heavy atom. The second kappa shape index (κ2) is 6.37. The van der Waals surface area contributed by atoms with Crippen molar-refractivity contribution in [1.82, 2.24) is 9.88 Å². The van der Waals surface area contributed by atoms with Crippen molar-refractivity contribution in [3.05, 3.63) is 36.0 Å². The third-order valence-corrected chi connectivity index (χ3v) is 3.21. The van der Waals surface area contributed by atoms with Crippen molar-refractivity contribution < 1.29 is 4.79 Å². The van der Waals surface area contributed by atoms with Crippen LogP contribution in [0.15, 0.2) is 30.3 Å². The van der Waals surface area contributed by atoms with E-state index in [1.807, 2.05) is 44.3 Å². The molecule has 0 atom stereocenters. The van der Waals surface area contributed by atoms with Crippen LogP contribution in [0, 0.1) is 0 Å². The first kappa shape index (κ1) is 14.3. The predicted molar refractivity (Wildman–Crippen MR) is 83.2 cm³/mol. The largest absolute Gasteiger partial charge is 0.385 e. The van der Waals surface area contributed by atoms with E-state index in [0.29, 0.717) is 5.69 Å². The molecule has 0 aliphatic rings. The van der Waals surface area contributed by atoms with E-state index in [4.69, 9.17) is 0 Å². The van der Waals surface area contributed by atoms with E-state index in [0.717, 1.165) is 36.1 Å². The van der Waals surface area contributed by atoms with Crippen LogP contribution in [0.1, 0.15) is 30.8 Å². The van der Waals surface area contributed by atoms with Gasteiger partial charge in [0.15, 0.2) is 0 Å². The lowest BCUT2D eigenvalue weighted by atomic mass is 10.1. The van der Waals surface area contributed by atoms with E-state index in [1.165, 1.54) is 0 Å². The van der Waals surface area contributed by atoms with Crippen LogP contribution in [0.4, 0.5) is 5.69 Å². The summed E-state index contributed by atoms with van der Waals surface area (Å²) in [6, 6.07) is 9.72. The molecule has 0 aliphatic carbocycles. The van der Waals surface area contributed by atoms with Crippen LogP contribution in [0.25, 0.3) is 10.9 Å². The molecule has 106 valence electrons. The van der Waals surface area contributed by atoms with Gasteiger partial charge in [0.2, 0.25) is 0 Å². The van der Waals surface area contributed by atoms with Gasteiger partial charge in [0.05, 0.1) is 5.52 Å². The SMILES string of the molecule is CCCN(C)C(=O)c1cc(NCC)c2ccccc2n1. The van der Waals surface area contributed by atoms with Gasteiger partial charge < -0.3 is 10.2 Å². The van der Waals surface area contributed by atoms with Gasteiger partial charge in [0.25, 0.3) is 5.91 Å². The quantitative estimate of drug-likeness (QED) is 0.908. The smallest absolute Gasteiger partial charge is 0.272 e. The molecule has 1 N–H and O–H groups in total. The molecule has 0 aliphatic heterocycles. The molecule has 0 spiro atoms. The molecule has 0 unspecified atom stereocenters. The van der Waals surface area contributed by atoms with Gasteiger partial charge in [0.1, 0.15) is 5.69 Å². The standard InChI is InChI=1S/C16H21N3O/c1-4-10-19(3)16(20)15-11-14(17-5-2)12-8-6-7-9-13(12)18-15/h6-9,11H,4-5,10H2,1-3H3,(H,17,18). The number of amides is 1. The highest BCUT2D eigenvalue weighted by molar-refractivity contribution is 5.99. The fourth-order valence-corrected chi connectivity index (χ4v) is 2.25. The van der Waals surface area contributed by atoms with Crippen LogP contribution >= 0.6 is 0 Å². The highest BCUT2D eigenvalue weighted by Crippen LogP contribution is 2.23. The van der Waals surface area contributed by atoms with Gasteiger partial charge in [-0.25, -0.2) is 4.98 Å². The molecule has 0 radical (unpaired) electrons. The highest BCUT2D eigenvalue weighted by Gasteiger charge is 2.15. The Labute approximate surface area is 119 Å². The van der Waals surface area contributed by atoms with Gasteiger partial charge >= 0.3 is 0 Å². The topological polar surface area (TPSA) is 45.2 Å². The fraction of sp³-hybridized carbons (Fsp3) is 0.375. The molecule has 0 fully saturated rings. The molecule has 1 heterocycles. The average molecular weight is 271 g/mol. The number of nitrogens with zero attached hydrogens (tertiary/aromatic N) is 2. The molecule has 4 heteroatoms. The lowest BCUT2D eigenvalue weighted by Crippen LogP contribution is -2.28. The van der Waals surface area contributed by atoms with Crippen LogP contribution in [0.3, 0.4) is 0 Å². The molecule has 2 rings (SSSR count). The van der Waals surface area contributed by atoms with Gasteiger partial charge in [-0.15, -0.1) is 0 Å². The number of benzene rings is 1. The van der Waals surface area contributed by atoms with Crippen molar-refractivity contribution in [1.29, 1.82) is 0 Å². The minimum absolute atomic E-state index is 0.0308. The number of aromatic nitrogens is 1. The van der Waals surface area contributed by atoms with Crippen molar-refractivity contribution in [2.75, 3.05) is 25.5 Å². The first-order chi connectivity index (χ1) is 9.67. The summed E-state index contributed by atoms with van der Waals surface area (Å²) >= 11 is 0. The zero-order chi connectivity index (χ0) is 14.5. The zero-order valence-electron chi connectivity index (χ0n) is 12.3. The van der Waals surface area contributed by atoms with E-state index >= 15 is 0 Å². The molecule has 4 nitrogen and oxygen atoms in total. The van der Waals surface area contributed by atoms with E-state index in [1.54, 1.807) is 4.90 Å². The van der Waals surface area contributed by atoms with Crippen molar-refractivity contribution >= 4 is 22.5 Å². The maximum Gasteiger partial charge on any atom is 0.272 e. The number of nitrogens with one attached hydrogen (secondary N) is 1. The number of fused-ring (bicyclic) bond motifs is 1. The summed E-state index contributed by atoms with van der Waals surface area (Å²) in [5.74, 6) is -0.0308. The number of hydrogen-bond donors (Lipinski definition) is 1. The Morgan fingerprint density at radius 2 is 2.05 bits per heavy atom. The second-order valence-electron chi connectivity index (χ2n) is 4.83. The summed E-state index contributed by atoms with van der Waals surface area (Å²) in [6.07, 6.45) is 0.940. The number of anilines is 1. The molecule has 2 aromatic rings.